The molecule has 0 saturated heterocycles. The number of fused-ring (bicyclic) bond motifs is 1. The Labute approximate surface area is 193 Å². The number of nitrogens with one attached hydrogen (secondary N) is 1. The number of carbonyl (C=O) groups is 1. The minimum atomic E-state index is -3.94. The molecule has 1 amide bonds. The quantitative estimate of drug-likeness (QED) is 0.613. The van der Waals surface area contributed by atoms with Gasteiger partial charge in [-0.2, -0.15) is 4.31 Å². The van der Waals surface area contributed by atoms with E-state index in [4.69, 9.17) is 0 Å². The van der Waals surface area contributed by atoms with E-state index in [0.717, 1.165) is 39.1 Å². The first-order chi connectivity index (χ1) is 15.1. The third kappa shape index (κ3) is 3.98. The Bertz CT molecular complexity index is 1290. The second-order valence-electron chi connectivity index (χ2n) is 8.41. The number of benzene rings is 2. The van der Waals surface area contributed by atoms with Gasteiger partial charge >= 0.3 is 0 Å². The van der Waals surface area contributed by atoms with E-state index in [1.165, 1.54) is 15.6 Å². The molecule has 0 bridgehead atoms. The third-order valence-electron chi connectivity index (χ3n) is 6.22. The fraction of sp³-hybridized carbons (Fsp3) is 0.333. The number of thiazole rings is 1. The Morgan fingerprint density at radius 3 is 2.28 bits per heavy atom. The lowest BCUT2D eigenvalue weighted by atomic mass is 9.95. The lowest BCUT2D eigenvalue weighted by Gasteiger charge is -2.35. The van der Waals surface area contributed by atoms with E-state index in [1.807, 2.05) is 70.3 Å². The first-order valence-electron chi connectivity index (χ1n) is 10.5. The number of hydrogen-bond acceptors (Lipinski definition) is 5. The lowest BCUT2D eigenvalue weighted by Crippen LogP contribution is -2.50. The summed E-state index contributed by atoms with van der Waals surface area (Å²) in [5.41, 5.74) is 6.01. The summed E-state index contributed by atoms with van der Waals surface area (Å²) in [6.45, 7) is 9.51. The van der Waals surface area contributed by atoms with Crippen molar-refractivity contribution in [2.24, 2.45) is 0 Å². The van der Waals surface area contributed by atoms with Crippen molar-refractivity contribution < 1.29 is 13.2 Å². The molecule has 0 saturated carbocycles. The van der Waals surface area contributed by atoms with Gasteiger partial charge in [-0.25, -0.2) is 13.4 Å². The average molecular weight is 470 g/mol. The Kier molecular flexibility index (Phi) is 5.96. The van der Waals surface area contributed by atoms with Crippen LogP contribution in [0.3, 0.4) is 0 Å². The highest BCUT2D eigenvalue weighted by Crippen LogP contribution is 2.34. The van der Waals surface area contributed by atoms with Crippen LogP contribution in [-0.4, -0.2) is 29.7 Å². The molecule has 1 aliphatic rings. The molecule has 32 heavy (non-hydrogen) atoms. The van der Waals surface area contributed by atoms with Crippen LogP contribution in [0, 0.1) is 34.6 Å². The van der Waals surface area contributed by atoms with Gasteiger partial charge in [0.25, 0.3) is 0 Å². The van der Waals surface area contributed by atoms with Crippen LogP contribution in [0.1, 0.15) is 39.1 Å². The Morgan fingerprint density at radius 2 is 1.69 bits per heavy atom. The lowest BCUT2D eigenvalue weighted by molar-refractivity contribution is -0.120. The fourth-order valence-electron chi connectivity index (χ4n) is 4.26. The van der Waals surface area contributed by atoms with Gasteiger partial charge in [0.1, 0.15) is 6.04 Å². The molecular formula is C24H27N3O3S2. The molecule has 1 aromatic heterocycles. The summed E-state index contributed by atoms with van der Waals surface area (Å²) < 4.78 is 29.5. The number of aryl methyl sites for hydroxylation is 3. The van der Waals surface area contributed by atoms with Gasteiger partial charge < -0.3 is 5.32 Å². The molecular weight excluding hydrogens is 442 g/mol. The SMILES string of the molecule is Cc1csc(NC(=O)C2Cc3ccccc3CN2S(=O)(=O)c2c(C)c(C)cc(C)c2C)n1. The molecule has 1 unspecified atom stereocenters. The highest BCUT2D eigenvalue weighted by molar-refractivity contribution is 7.89. The predicted molar refractivity (Wildman–Crippen MR) is 128 cm³/mol. The monoisotopic (exact) mass is 469 g/mol. The largest absolute Gasteiger partial charge is 0.301 e. The van der Waals surface area contributed by atoms with Crippen molar-refractivity contribution >= 4 is 32.4 Å². The smallest absolute Gasteiger partial charge is 0.244 e. The second-order valence-corrected chi connectivity index (χ2v) is 11.1. The number of nitrogens with zero attached hydrogens (tertiary/aromatic N) is 2. The summed E-state index contributed by atoms with van der Waals surface area (Å²) in [4.78, 5) is 17.9. The molecule has 0 fully saturated rings. The van der Waals surface area contributed by atoms with Gasteiger partial charge in [-0.3, -0.25) is 4.79 Å². The van der Waals surface area contributed by atoms with Gasteiger partial charge in [0.05, 0.1) is 10.6 Å². The molecule has 4 rings (SSSR count). The molecule has 0 radical (unpaired) electrons. The van der Waals surface area contributed by atoms with Gasteiger partial charge in [-0.1, -0.05) is 30.3 Å². The van der Waals surface area contributed by atoms with E-state index in [0.29, 0.717) is 16.4 Å². The van der Waals surface area contributed by atoms with Crippen LogP contribution in [0.4, 0.5) is 5.13 Å². The molecule has 0 aliphatic carbocycles. The number of anilines is 1. The number of amides is 1. The van der Waals surface area contributed by atoms with Crippen LogP contribution >= 0.6 is 11.3 Å². The van der Waals surface area contributed by atoms with Crippen LogP contribution in [0.2, 0.25) is 0 Å². The highest BCUT2D eigenvalue weighted by atomic mass is 32.2. The maximum atomic E-state index is 14.0. The minimum absolute atomic E-state index is 0.152. The van der Waals surface area contributed by atoms with Gasteiger partial charge in [0, 0.05) is 11.9 Å². The first kappa shape index (κ1) is 22.6. The van der Waals surface area contributed by atoms with Crippen LogP contribution in [0.5, 0.6) is 0 Å². The minimum Gasteiger partial charge on any atom is -0.301 e. The Morgan fingerprint density at radius 1 is 1.06 bits per heavy atom. The predicted octanol–water partition coefficient (Wildman–Crippen LogP) is 4.44. The molecule has 2 heterocycles. The summed E-state index contributed by atoms with van der Waals surface area (Å²) in [7, 11) is -3.94. The van der Waals surface area contributed by atoms with Crippen molar-refractivity contribution in [2.75, 3.05) is 5.32 Å². The van der Waals surface area contributed by atoms with E-state index >= 15 is 0 Å². The zero-order valence-corrected chi connectivity index (χ0v) is 20.5. The molecule has 1 aliphatic heterocycles. The molecule has 6 nitrogen and oxygen atoms in total. The topological polar surface area (TPSA) is 79.4 Å². The highest BCUT2D eigenvalue weighted by Gasteiger charge is 2.41. The first-order valence-corrected chi connectivity index (χ1v) is 12.8. The van der Waals surface area contributed by atoms with Gasteiger partial charge in [0.15, 0.2) is 5.13 Å². The van der Waals surface area contributed by atoms with E-state index in [9.17, 15) is 13.2 Å². The fourth-order valence-corrected chi connectivity index (χ4v) is 7.10. The molecule has 168 valence electrons. The van der Waals surface area contributed by atoms with E-state index in [1.54, 1.807) is 0 Å². The summed E-state index contributed by atoms with van der Waals surface area (Å²) in [6.07, 6.45) is 0.314. The maximum absolute atomic E-state index is 14.0. The molecule has 0 spiro atoms. The van der Waals surface area contributed by atoms with Crippen molar-refractivity contribution in [1.82, 2.24) is 9.29 Å². The third-order valence-corrected chi connectivity index (χ3v) is 9.23. The Hall–Kier alpha value is -2.55. The summed E-state index contributed by atoms with van der Waals surface area (Å²) in [5, 5.41) is 5.16. The number of sulfonamides is 1. The summed E-state index contributed by atoms with van der Waals surface area (Å²) >= 11 is 1.33. The van der Waals surface area contributed by atoms with Crippen molar-refractivity contribution in [3.8, 4) is 0 Å². The van der Waals surface area contributed by atoms with E-state index < -0.39 is 16.1 Å². The van der Waals surface area contributed by atoms with E-state index in [2.05, 4.69) is 10.3 Å². The molecule has 8 heteroatoms. The van der Waals surface area contributed by atoms with Crippen LogP contribution in [0.25, 0.3) is 0 Å². The second kappa shape index (κ2) is 8.42. The van der Waals surface area contributed by atoms with Gasteiger partial charge in [-0.15, -0.1) is 11.3 Å². The molecule has 3 aromatic rings. The van der Waals surface area contributed by atoms with Crippen molar-refractivity contribution in [1.29, 1.82) is 0 Å². The molecule has 2 aromatic carbocycles. The van der Waals surface area contributed by atoms with E-state index in [-0.39, 0.29) is 12.5 Å². The van der Waals surface area contributed by atoms with Crippen molar-refractivity contribution in [3.05, 3.63) is 74.8 Å². The number of rotatable bonds is 4. The maximum Gasteiger partial charge on any atom is 0.244 e. The number of carbonyl (C=O) groups excluding carboxylic acids is 1. The summed E-state index contributed by atoms with van der Waals surface area (Å²) in [6, 6.07) is 8.84. The average Bonchev–Trinajstić information content (AvgIpc) is 3.15. The molecule has 1 N–H and O–H groups in total. The summed E-state index contributed by atoms with van der Waals surface area (Å²) in [5.74, 6) is -0.364. The zero-order chi connectivity index (χ0) is 23.2. The van der Waals surface area contributed by atoms with Gasteiger partial charge in [-0.05, 0) is 74.4 Å². The van der Waals surface area contributed by atoms with Crippen LogP contribution < -0.4 is 5.32 Å². The van der Waals surface area contributed by atoms with Crippen molar-refractivity contribution in [2.45, 2.75) is 58.5 Å². The number of hydrogen-bond donors (Lipinski definition) is 1. The zero-order valence-electron chi connectivity index (χ0n) is 18.9. The van der Waals surface area contributed by atoms with Crippen LogP contribution in [-0.2, 0) is 27.8 Å². The Balaban J connectivity index is 1.81. The van der Waals surface area contributed by atoms with Crippen molar-refractivity contribution in [3.63, 3.8) is 0 Å². The van der Waals surface area contributed by atoms with Gasteiger partial charge in [0.2, 0.25) is 15.9 Å². The normalized spacial score (nSPS) is 16.6. The number of aromatic nitrogens is 1. The van der Waals surface area contributed by atoms with Crippen LogP contribution in [0.15, 0.2) is 40.6 Å². The molecule has 1 atom stereocenters. The standard InChI is InChI=1S/C24H27N3O3S2/c1-14-10-15(2)18(5)22(17(14)4)32(29,30)27-12-20-9-7-6-8-19(20)11-21(27)23(28)26-24-25-16(3)13-31-24/h6-10,13,21H,11-12H2,1-5H3,(H,25,26,28).